The van der Waals surface area contributed by atoms with Crippen LogP contribution in [0.3, 0.4) is 0 Å². The molecule has 0 radical (unpaired) electrons. The summed E-state index contributed by atoms with van der Waals surface area (Å²) in [5.41, 5.74) is 0. The molecule has 0 aromatic rings. The van der Waals surface area contributed by atoms with Crippen molar-refractivity contribution in [3.63, 3.8) is 0 Å². The minimum Gasteiger partial charge on any atom is -0.340 e. The molecule has 4 unspecified atom stereocenters. The first-order valence-corrected chi connectivity index (χ1v) is 10.2. The van der Waals surface area contributed by atoms with E-state index in [9.17, 15) is 9.59 Å². The van der Waals surface area contributed by atoms with Gasteiger partial charge in [0, 0.05) is 44.2 Å². The van der Waals surface area contributed by atoms with Gasteiger partial charge in [-0.3, -0.25) is 14.5 Å². The SMILES string of the molecule is CCN1CCCC1CN1CC(C(=O)N2C3CCNCC2CC3)CC1=O. The normalized spacial score (nSPS) is 36.3. The summed E-state index contributed by atoms with van der Waals surface area (Å²) in [5, 5.41) is 3.45. The average Bonchev–Trinajstić information content (AvgIpc) is 3.25. The van der Waals surface area contributed by atoms with Gasteiger partial charge in [-0.25, -0.2) is 0 Å². The van der Waals surface area contributed by atoms with E-state index < -0.39 is 0 Å². The van der Waals surface area contributed by atoms with Crippen molar-refractivity contribution in [1.82, 2.24) is 20.0 Å². The maximum atomic E-state index is 13.2. The van der Waals surface area contributed by atoms with Crippen molar-refractivity contribution in [1.29, 1.82) is 0 Å². The van der Waals surface area contributed by atoms with Gasteiger partial charge < -0.3 is 15.1 Å². The molecule has 0 spiro atoms. The third-order valence-electron chi connectivity index (χ3n) is 6.81. The first kappa shape index (κ1) is 17.3. The van der Waals surface area contributed by atoms with Crippen LogP contribution in [0, 0.1) is 5.92 Å². The fourth-order valence-corrected chi connectivity index (χ4v) is 5.44. The number of carbonyl (C=O) groups is 2. The highest BCUT2D eigenvalue weighted by atomic mass is 16.2. The molecular weight excluding hydrogens is 316 g/mol. The molecule has 140 valence electrons. The van der Waals surface area contributed by atoms with Gasteiger partial charge in [0.15, 0.2) is 0 Å². The number of nitrogens with zero attached hydrogens (tertiary/aromatic N) is 3. The molecule has 0 aromatic carbocycles. The van der Waals surface area contributed by atoms with E-state index in [4.69, 9.17) is 0 Å². The van der Waals surface area contributed by atoms with E-state index in [1.807, 2.05) is 4.90 Å². The van der Waals surface area contributed by atoms with Gasteiger partial charge in [0.1, 0.15) is 0 Å². The third-order valence-corrected chi connectivity index (χ3v) is 6.81. The highest BCUT2D eigenvalue weighted by Crippen LogP contribution is 2.32. The smallest absolute Gasteiger partial charge is 0.228 e. The van der Waals surface area contributed by atoms with E-state index in [1.165, 1.54) is 12.8 Å². The fraction of sp³-hybridized carbons (Fsp3) is 0.895. The Morgan fingerprint density at radius 1 is 1.20 bits per heavy atom. The number of likely N-dealkylation sites (N-methyl/N-ethyl adjacent to an activating group) is 1. The zero-order valence-electron chi connectivity index (χ0n) is 15.5. The number of carbonyl (C=O) groups excluding carboxylic acids is 2. The summed E-state index contributed by atoms with van der Waals surface area (Å²) in [6, 6.07) is 1.22. The molecule has 4 atom stereocenters. The molecule has 4 fully saturated rings. The van der Waals surface area contributed by atoms with Crippen LogP contribution in [0.5, 0.6) is 0 Å². The van der Waals surface area contributed by atoms with Crippen molar-refractivity contribution in [3.05, 3.63) is 0 Å². The Balaban J connectivity index is 1.39. The van der Waals surface area contributed by atoms with Crippen molar-refractivity contribution >= 4 is 11.8 Å². The molecule has 2 amide bonds. The van der Waals surface area contributed by atoms with Crippen LogP contribution >= 0.6 is 0 Å². The number of nitrogens with one attached hydrogen (secondary N) is 1. The monoisotopic (exact) mass is 348 g/mol. The Labute approximate surface area is 150 Å². The summed E-state index contributed by atoms with van der Waals surface area (Å²) in [6.07, 6.45) is 6.13. The van der Waals surface area contributed by atoms with Crippen molar-refractivity contribution in [2.45, 2.75) is 63.6 Å². The molecule has 0 saturated carbocycles. The third kappa shape index (κ3) is 3.31. The topological polar surface area (TPSA) is 55.9 Å². The fourth-order valence-electron chi connectivity index (χ4n) is 5.44. The molecule has 6 heteroatoms. The van der Waals surface area contributed by atoms with Gasteiger partial charge in [0.05, 0.1) is 5.92 Å². The molecular formula is C19H32N4O2. The first-order chi connectivity index (χ1) is 12.2. The predicted octanol–water partition coefficient (Wildman–Crippen LogP) is 0.672. The molecule has 4 heterocycles. The Kier molecular flexibility index (Phi) is 5.00. The number of likely N-dealkylation sites (tertiary alicyclic amines) is 2. The Hall–Kier alpha value is -1.14. The largest absolute Gasteiger partial charge is 0.340 e. The molecule has 0 aliphatic carbocycles. The summed E-state index contributed by atoms with van der Waals surface area (Å²) in [6.45, 7) is 7.77. The van der Waals surface area contributed by atoms with Gasteiger partial charge in [-0.1, -0.05) is 6.92 Å². The summed E-state index contributed by atoms with van der Waals surface area (Å²) in [5.74, 6) is 0.303. The molecule has 2 bridgehead atoms. The second kappa shape index (κ2) is 7.23. The van der Waals surface area contributed by atoms with Gasteiger partial charge in [0.25, 0.3) is 0 Å². The zero-order chi connectivity index (χ0) is 17.4. The Morgan fingerprint density at radius 2 is 2.04 bits per heavy atom. The van der Waals surface area contributed by atoms with Crippen LogP contribution in [0.15, 0.2) is 0 Å². The predicted molar refractivity (Wildman–Crippen MR) is 96.1 cm³/mol. The van der Waals surface area contributed by atoms with E-state index in [1.54, 1.807) is 0 Å². The van der Waals surface area contributed by atoms with E-state index >= 15 is 0 Å². The number of amides is 2. The summed E-state index contributed by atoms with van der Waals surface area (Å²) >= 11 is 0. The van der Waals surface area contributed by atoms with E-state index in [0.717, 1.165) is 52.0 Å². The number of fused-ring (bicyclic) bond motifs is 2. The van der Waals surface area contributed by atoms with E-state index in [0.29, 0.717) is 31.1 Å². The quantitative estimate of drug-likeness (QED) is 0.811. The van der Waals surface area contributed by atoms with Crippen LogP contribution in [0.4, 0.5) is 0 Å². The minimum atomic E-state index is -0.120. The lowest BCUT2D eigenvalue weighted by Gasteiger charge is -2.31. The Bertz CT molecular complexity index is 512. The molecule has 4 aliphatic heterocycles. The van der Waals surface area contributed by atoms with Gasteiger partial charge in [-0.2, -0.15) is 0 Å². The lowest BCUT2D eigenvalue weighted by molar-refractivity contribution is -0.138. The maximum Gasteiger partial charge on any atom is 0.228 e. The van der Waals surface area contributed by atoms with Crippen LogP contribution in [-0.2, 0) is 9.59 Å². The maximum absolute atomic E-state index is 13.2. The standard InChI is InChI=1S/C19H32N4O2/c1-2-21-9-3-4-17(21)13-22-12-14(10-18(22)24)19(25)23-15-5-6-16(23)11-20-8-7-15/h14-17,20H,2-13H2,1H3. The summed E-state index contributed by atoms with van der Waals surface area (Å²) < 4.78 is 0. The second-order valence-electron chi connectivity index (χ2n) is 8.25. The lowest BCUT2D eigenvalue weighted by atomic mass is 10.1. The van der Waals surface area contributed by atoms with Gasteiger partial charge in [-0.05, 0) is 51.7 Å². The summed E-state index contributed by atoms with van der Waals surface area (Å²) in [7, 11) is 0. The van der Waals surface area contributed by atoms with Gasteiger partial charge in [-0.15, -0.1) is 0 Å². The van der Waals surface area contributed by atoms with Crippen LogP contribution in [0.1, 0.15) is 45.4 Å². The van der Waals surface area contributed by atoms with Crippen LogP contribution in [0.25, 0.3) is 0 Å². The van der Waals surface area contributed by atoms with Crippen LogP contribution in [-0.4, -0.2) is 83.9 Å². The Morgan fingerprint density at radius 3 is 2.88 bits per heavy atom. The molecule has 25 heavy (non-hydrogen) atoms. The summed E-state index contributed by atoms with van der Waals surface area (Å²) in [4.78, 5) is 32.3. The molecule has 4 aliphatic rings. The molecule has 6 nitrogen and oxygen atoms in total. The lowest BCUT2D eigenvalue weighted by Crippen LogP contribution is -2.46. The minimum absolute atomic E-state index is 0.120. The van der Waals surface area contributed by atoms with Crippen molar-refractivity contribution in [2.75, 3.05) is 39.3 Å². The zero-order valence-corrected chi connectivity index (χ0v) is 15.5. The van der Waals surface area contributed by atoms with Crippen LogP contribution in [0.2, 0.25) is 0 Å². The number of rotatable bonds is 4. The molecule has 0 aromatic heterocycles. The molecule has 1 N–H and O–H groups in total. The van der Waals surface area contributed by atoms with Crippen molar-refractivity contribution in [3.8, 4) is 0 Å². The van der Waals surface area contributed by atoms with Crippen LogP contribution < -0.4 is 5.32 Å². The van der Waals surface area contributed by atoms with Gasteiger partial charge in [0.2, 0.25) is 11.8 Å². The second-order valence-corrected chi connectivity index (χ2v) is 8.25. The van der Waals surface area contributed by atoms with Gasteiger partial charge >= 0.3 is 0 Å². The average molecular weight is 348 g/mol. The van der Waals surface area contributed by atoms with Crippen molar-refractivity contribution < 1.29 is 9.59 Å². The van der Waals surface area contributed by atoms with Crippen molar-refractivity contribution in [2.24, 2.45) is 5.92 Å². The number of hydrogen-bond acceptors (Lipinski definition) is 4. The molecule has 4 saturated heterocycles. The van der Waals surface area contributed by atoms with E-state index in [-0.39, 0.29) is 17.7 Å². The number of hydrogen-bond donors (Lipinski definition) is 1. The van der Waals surface area contributed by atoms with E-state index in [2.05, 4.69) is 22.0 Å². The highest BCUT2D eigenvalue weighted by Gasteiger charge is 2.44. The highest BCUT2D eigenvalue weighted by molar-refractivity contribution is 5.89. The first-order valence-electron chi connectivity index (χ1n) is 10.2. The molecule has 4 rings (SSSR count).